The van der Waals surface area contributed by atoms with Crippen molar-refractivity contribution in [1.82, 2.24) is 0 Å². The lowest BCUT2D eigenvalue weighted by atomic mass is 10.2. The van der Waals surface area contributed by atoms with Crippen LogP contribution < -0.4 is 5.32 Å². The number of hydrogen-bond acceptors (Lipinski definition) is 2. The molecule has 2 rings (SSSR count). The first-order chi connectivity index (χ1) is 6.77. The Morgan fingerprint density at radius 3 is 2.79 bits per heavy atom. The van der Waals surface area contributed by atoms with Gasteiger partial charge in [-0.3, -0.25) is 0 Å². The molecule has 0 aromatic heterocycles. The van der Waals surface area contributed by atoms with E-state index >= 15 is 0 Å². The van der Waals surface area contributed by atoms with Crippen LogP contribution >= 0.6 is 23.2 Å². The second-order valence-corrected chi connectivity index (χ2v) is 4.08. The third kappa shape index (κ3) is 2.14. The summed E-state index contributed by atoms with van der Waals surface area (Å²) in [7, 11) is 0. The van der Waals surface area contributed by atoms with E-state index in [0.717, 1.165) is 12.1 Å². The fourth-order valence-corrected chi connectivity index (χ4v) is 1.94. The first-order valence-electron chi connectivity index (χ1n) is 4.54. The van der Waals surface area contributed by atoms with Crippen LogP contribution in [0.1, 0.15) is 6.42 Å². The lowest BCUT2D eigenvalue weighted by Gasteiger charge is -2.16. The van der Waals surface area contributed by atoms with Crippen molar-refractivity contribution in [3.8, 4) is 0 Å². The van der Waals surface area contributed by atoms with E-state index in [-0.39, 0.29) is 11.6 Å². The molecule has 0 amide bonds. The first kappa shape index (κ1) is 10.1. The number of hydrogen-bond donors (Lipinski definition) is 1. The molecule has 0 aliphatic carbocycles. The van der Waals surface area contributed by atoms with Crippen molar-refractivity contribution in [2.45, 2.75) is 18.0 Å². The highest BCUT2D eigenvalue weighted by Gasteiger charge is 2.26. The zero-order valence-corrected chi connectivity index (χ0v) is 9.05. The second-order valence-electron chi connectivity index (χ2n) is 3.24. The molecule has 1 heterocycles. The zero-order valence-electron chi connectivity index (χ0n) is 7.54. The van der Waals surface area contributed by atoms with E-state index < -0.39 is 0 Å². The molecule has 14 heavy (non-hydrogen) atoms. The molecule has 1 aromatic rings. The predicted octanol–water partition coefficient (Wildman–Crippen LogP) is 3.11. The third-order valence-corrected chi connectivity index (χ3v) is 3.00. The van der Waals surface area contributed by atoms with Crippen LogP contribution in [0.5, 0.6) is 0 Å². The number of ether oxygens (including phenoxy) is 1. The average molecular weight is 232 g/mol. The van der Waals surface area contributed by atoms with Crippen molar-refractivity contribution in [1.29, 1.82) is 0 Å². The standard InChI is InChI=1S/C10H11Cl2NO/c11-7-3-1-2-4-8(7)13-9-5-6-14-10(9)12/h1-4,9-10,13H,5-6H2. The first-order valence-corrected chi connectivity index (χ1v) is 5.35. The summed E-state index contributed by atoms with van der Waals surface area (Å²) in [6.45, 7) is 0.705. The molecule has 1 aromatic carbocycles. The molecule has 1 fully saturated rings. The van der Waals surface area contributed by atoms with Gasteiger partial charge in [0.05, 0.1) is 23.4 Å². The van der Waals surface area contributed by atoms with Crippen LogP contribution in [0.15, 0.2) is 24.3 Å². The molecule has 1 aliphatic rings. The predicted molar refractivity (Wildman–Crippen MR) is 59.1 cm³/mol. The van der Waals surface area contributed by atoms with Crippen LogP contribution in [0.25, 0.3) is 0 Å². The molecule has 2 atom stereocenters. The Kier molecular flexibility index (Phi) is 3.16. The fraction of sp³-hybridized carbons (Fsp3) is 0.400. The normalized spacial score (nSPS) is 26.4. The Morgan fingerprint density at radius 2 is 2.14 bits per heavy atom. The van der Waals surface area contributed by atoms with Gasteiger partial charge >= 0.3 is 0 Å². The Hall–Kier alpha value is -0.440. The van der Waals surface area contributed by atoms with Gasteiger partial charge in [-0.2, -0.15) is 0 Å². The number of halogens is 2. The molecule has 1 aliphatic heterocycles. The average Bonchev–Trinajstić information content (AvgIpc) is 2.56. The van der Waals surface area contributed by atoms with E-state index in [1.807, 2.05) is 24.3 Å². The van der Waals surface area contributed by atoms with Gasteiger partial charge in [0.2, 0.25) is 0 Å². The van der Waals surface area contributed by atoms with Crippen molar-refractivity contribution in [2.24, 2.45) is 0 Å². The number of nitrogens with one attached hydrogen (secondary N) is 1. The molecule has 0 radical (unpaired) electrons. The van der Waals surface area contributed by atoms with Crippen molar-refractivity contribution in [3.05, 3.63) is 29.3 Å². The Labute approximate surface area is 93.2 Å². The molecule has 0 spiro atoms. The topological polar surface area (TPSA) is 21.3 Å². The maximum atomic E-state index is 6.00. The van der Waals surface area contributed by atoms with Crippen LogP contribution in [0.3, 0.4) is 0 Å². The van der Waals surface area contributed by atoms with Gasteiger partial charge in [-0.25, -0.2) is 0 Å². The molecule has 2 unspecified atom stereocenters. The highest BCUT2D eigenvalue weighted by atomic mass is 35.5. The maximum absolute atomic E-state index is 6.00. The van der Waals surface area contributed by atoms with Gasteiger partial charge in [-0.05, 0) is 18.6 Å². The van der Waals surface area contributed by atoms with Gasteiger partial charge in [0.25, 0.3) is 0 Å². The number of rotatable bonds is 2. The largest absolute Gasteiger partial charge is 0.377 e. The minimum absolute atomic E-state index is 0.150. The van der Waals surface area contributed by atoms with E-state index in [1.54, 1.807) is 0 Å². The summed E-state index contributed by atoms with van der Waals surface area (Å²) in [5.74, 6) is 0. The van der Waals surface area contributed by atoms with E-state index in [4.69, 9.17) is 27.9 Å². The van der Waals surface area contributed by atoms with Gasteiger partial charge in [0, 0.05) is 0 Å². The van der Waals surface area contributed by atoms with E-state index in [1.165, 1.54) is 0 Å². The van der Waals surface area contributed by atoms with Gasteiger partial charge in [0.15, 0.2) is 5.56 Å². The molecule has 1 N–H and O–H groups in total. The summed E-state index contributed by atoms with van der Waals surface area (Å²) < 4.78 is 5.24. The van der Waals surface area contributed by atoms with Crippen LogP contribution in [0.2, 0.25) is 5.02 Å². The molecule has 1 saturated heterocycles. The Bertz CT molecular complexity index is 319. The number of benzene rings is 1. The van der Waals surface area contributed by atoms with Crippen molar-refractivity contribution < 1.29 is 4.74 Å². The number of alkyl halides is 1. The molecular weight excluding hydrogens is 221 g/mol. The number of anilines is 1. The third-order valence-electron chi connectivity index (χ3n) is 2.24. The SMILES string of the molecule is Clc1ccccc1NC1CCOC1Cl. The van der Waals surface area contributed by atoms with Crippen molar-refractivity contribution in [3.63, 3.8) is 0 Å². The molecule has 2 nitrogen and oxygen atoms in total. The summed E-state index contributed by atoms with van der Waals surface area (Å²) in [6, 6.07) is 7.77. The fourth-order valence-electron chi connectivity index (χ4n) is 1.47. The van der Waals surface area contributed by atoms with E-state index in [0.29, 0.717) is 11.6 Å². The van der Waals surface area contributed by atoms with Crippen molar-refractivity contribution in [2.75, 3.05) is 11.9 Å². The maximum Gasteiger partial charge on any atom is 0.151 e. The zero-order chi connectivity index (χ0) is 9.97. The highest BCUT2D eigenvalue weighted by Crippen LogP contribution is 2.26. The van der Waals surface area contributed by atoms with Crippen LogP contribution in [0.4, 0.5) is 5.69 Å². The minimum Gasteiger partial charge on any atom is -0.377 e. The molecule has 4 heteroatoms. The quantitative estimate of drug-likeness (QED) is 0.791. The second kappa shape index (κ2) is 4.39. The lowest BCUT2D eigenvalue weighted by Crippen LogP contribution is -2.24. The van der Waals surface area contributed by atoms with Crippen LogP contribution in [-0.2, 0) is 4.74 Å². The molecule has 0 saturated carbocycles. The molecular formula is C10H11Cl2NO. The summed E-state index contributed by atoms with van der Waals surface area (Å²) >= 11 is 12.0. The monoisotopic (exact) mass is 231 g/mol. The number of para-hydroxylation sites is 1. The molecule has 0 bridgehead atoms. The van der Waals surface area contributed by atoms with Gasteiger partial charge < -0.3 is 10.1 Å². The smallest absolute Gasteiger partial charge is 0.151 e. The summed E-state index contributed by atoms with van der Waals surface area (Å²) in [4.78, 5) is 0. The van der Waals surface area contributed by atoms with Gasteiger partial charge in [-0.1, -0.05) is 35.3 Å². The Balaban J connectivity index is 2.07. The van der Waals surface area contributed by atoms with E-state index in [2.05, 4.69) is 5.32 Å². The summed E-state index contributed by atoms with van der Waals surface area (Å²) in [5.41, 5.74) is 0.654. The highest BCUT2D eigenvalue weighted by molar-refractivity contribution is 6.33. The van der Waals surface area contributed by atoms with Crippen LogP contribution in [-0.4, -0.2) is 18.2 Å². The summed E-state index contributed by atoms with van der Waals surface area (Å²) in [5, 5.41) is 3.98. The van der Waals surface area contributed by atoms with Crippen LogP contribution in [0, 0.1) is 0 Å². The summed E-state index contributed by atoms with van der Waals surface area (Å²) in [6.07, 6.45) is 0.916. The minimum atomic E-state index is -0.258. The van der Waals surface area contributed by atoms with Gasteiger partial charge in [0.1, 0.15) is 0 Å². The Morgan fingerprint density at radius 1 is 1.36 bits per heavy atom. The van der Waals surface area contributed by atoms with Gasteiger partial charge in [-0.15, -0.1) is 0 Å². The lowest BCUT2D eigenvalue weighted by molar-refractivity contribution is 0.165. The van der Waals surface area contributed by atoms with Crippen molar-refractivity contribution >= 4 is 28.9 Å². The van der Waals surface area contributed by atoms with E-state index in [9.17, 15) is 0 Å². The molecule has 76 valence electrons.